The molecule has 0 saturated carbocycles. The third-order valence-electron chi connectivity index (χ3n) is 1.91. The fourth-order valence-corrected chi connectivity index (χ4v) is 3.83. The summed E-state index contributed by atoms with van der Waals surface area (Å²) < 4.78 is 1.51. The molecule has 94 valence electrons. The lowest BCUT2D eigenvalue weighted by Gasteiger charge is -2.09. The average Bonchev–Trinajstić information content (AvgIpc) is 2.63. The number of aliphatic hydroxyl groups is 1. The van der Waals surface area contributed by atoms with Gasteiger partial charge in [0.05, 0.1) is 19.7 Å². The first-order valence-corrected chi connectivity index (χ1v) is 6.98. The van der Waals surface area contributed by atoms with Crippen molar-refractivity contribution in [2.75, 3.05) is 13.6 Å². The monoisotopic (exact) mass is 384 g/mol. The largest absolute Gasteiger partial charge is 0.381 e. The van der Waals surface area contributed by atoms with Crippen molar-refractivity contribution in [3.63, 3.8) is 0 Å². The molecule has 1 aromatic heterocycles. The number of nitrogens with one attached hydrogen (secondary N) is 2. The van der Waals surface area contributed by atoms with E-state index in [2.05, 4.69) is 42.5 Å². The zero-order valence-electron chi connectivity index (χ0n) is 8.79. The summed E-state index contributed by atoms with van der Waals surface area (Å²) in [4.78, 5) is 22.7. The molecule has 0 fully saturated rings. The number of likely N-dealkylation sites (N-methyl/N-ethyl adjacent to an activating group) is 1. The van der Waals surface area contributed by atoms with E-state index in [0.29, 0.717) is 9.35 Å². The second-order valence-corrected chi connectivity index (χ2v) is 6.83. The Balaban J connectivity index is 2.56. The van der Waals surface area contributed by atoms with Gasteiger partial charge in [0.1, 0.15) is 6.10 Å². The number of hydrogen-bond acceptors (Lipinski definition) is 4. The lowest BCUT2D eigenvalue weighted by atomic mass is 10.3. The molecule has 0 aliphatic carbocycles. The Labute approximate surface area is 119 Å². The van der Waals surface area contributed by atoms with Crippen LogP contribution in [0.3, 0.4) is 0 Å². The van der Waals surface area contributed by atoms with E-state index in [1.54, 1.807) is 6.07 Å². The maximum atomic E-state index is 11.7. The normalized spacial score (nSPS) is 12.0. The molecule has 0 aliphatic rings. The standard InChI is InChI=1S/C9H10Br2N2O3S/c1-12-9(16)5(14)3-13-8(15)4-2-6(10)17-7(4)11/h2,5,14H,3H2,1H3,(H,12,16)(H,13,15)/t5-/m1/s1. The highest BCUT2D eigenvalue weighted by Gasteiger charge is 2.17. The first-order valence-electron chi connectivity index (χ1n) is 4.58. The zero-order chi connectivity index (χ0) is 13.0. The summed E-state index contributed by atoms with van der Waals surface area (Å²) in [5, 5.41) is 14.1. The number of hydrogen-bond donors (Lipinski definition) is 3. The van der Waals surface area contributed by atoms with Gasteiger partial charge < -0.3 is 15.7 Å². The van der Waals surface area contributed by atoms with Gasteiger partial charge in [-0.2, -0.15) is 0 Å². The van der Waals surface area contributed by atoms with Gasteiger partial charge in [0, 0.05) is 7.05 Å². The fourth-order valence-electron chi connectivity index (χ4n) is 1.04. The molecule has 8 heteroatoms. The van der Waals surface area contributed by atoms with E-state index in [1.807, 2.05) is 0 Å². The molecule has 0 saturated heterocycles. The molecule has 17 heavy (non-hydrogen) atoms. The number of thiophene rings is 1. The molecule has 1 atom stereocenters. The molecule has 1 aromatic rings. The maximum absolute atomic E-state index is 11.7. The van der Waals surface area contributed by atoms with E-state index < -0.39 is 12.0 Å². The smallest absolute Gasteiger partial charge is 0.253 e. The quantitative estimate of drug-likeness (QED) is 0.726. The van der Waals surface area contributed by atoms with Gasteiger partial charge in [-0.15, -0.1) is 11.3 Å². The van der Waals surface area contributed by atoms with Crippen molar-refractivity contribution in [2.45, 2.75) is 6.10 Å². The van der Waals surface area contributed by atoms with E-state index in [9.17, 15) is 14.7 Å². The summed E-state index contributed by atoms with van der Waals surface area (Å²) in [6, 6.07) is 1.66. The highest BCUT2D eigenvalue weighted by Crippen LogP contribution is 2.31. The second-order valence-electron chi connectivity index (χ2n) is 3.08. The minimum absolute atomic E-state index is 0.127. The molecule has 0 aromatic carbocycles. The van der Waals surface area contributed by atoms with Crippen LogP contribution in [0.25, 0.3) is 0 Å². The number of halogens is 2. The number of rotatable bonds is 4. The predicted molar refractivity (Wildman–Crippen MR) is 72.1 cm³/mol. The van der Waals surface area contributed by atoms with E-state index >= 15 is 0 Å². The van der Waals surface area contributed by atoms with Crippen molar-refractivity contribution in [1.82, 2.24) is 10.6 Å². The number of carbonyl (C=O) groups is 2. The van der Waals surface area contributed by atoms with Crippen LogP contribution >= 0.6 is 43.2 Å². The van der Waals surface area contributed by atoms with Crippen LogP contribution < -0.4 is 10.6 Å². The van der Waals surface area contributed by atoms with Crippen LogP contribution in [0.1, 0.15) is 10.4 Å². The zero-order valence-corrected chi connectivity index (χ0v) is 12.8. The van der Waals surface area contributed by atoms with Gasteiger partial charge in [0.2, 0.25) is 5.91 Å². The third-order valence-corrected chi connectivity index (χ3v) is 4.25. The SMILES string of the molecule is CNC(=O)[C@H](O)CNC(=O)c1cc(Br)sc1Br. The van der Waals surface area contributed by atoms with Crippen LogP contribution in [-0.4, -0.2) is 36.6 Å². The molecule has 0 bridgehead atoms. The van der Waals surface area contributed by atoms with Gasteiger partial charge in [-0.1, -0.05) is 0 Å². The Morgan fingerprint density at radius 3 is 2.65 bits per heavy atom. The van der Waals surface area contributed by atoms with Crippen molar-refractivity contribution in [2.24, 2.45) is 0 Å². The molecule has 0 spiro atoms. The molecule has 3 N–H and O–H groups in total. The van der Waals surface area contributed by atoms with Crippen LogP contribution in [0.4, 0.5) is 0 Å². The Bertz CT molecular complexity index is 436. The summed E-state index contributed by atoms with van der Waals surface area (Å²) in [6.07, 6.45) is -1.25. The van der Waals surface area contributed by atoms with Crippen LogP contribution in [0, 0.1) is 0 Å². The number of carbonyl (C=O) groups excluding carboxylic acids is 2. The Morgan fingerprint density at radius 1 is 1.53 bits per heavy atom. The first kappa shape index (κ1) is 14.6. The summed E-state index contributed by atoms with van der Waals surface area (Å²) in [6.45, 7) is -0.127. The van der Waals surface area contributed by atoms with Crippen molar-refractivity contribution in [1.29, 1.82) is 0 Å². The molecular formula is C9H10Br2N2O3S. The summed E-state index contributed by atoms with van der Waals surface area (Å²) in [7, 11) is 1.42. The second kappa shape index (κ2) is 6.48. The predicted octanol–water partition coefficient (Wildman–Crippen LogP) is 1.11. The fraction of sp³-hybridized carbons (Fsp3) is 0.333. The number of aliphatic hydroxyl groups excluding tert-OH is 1. The summed E-state index contributed by atoms with van der Waals surface area (Å²) >= 11 is 7.89. The van der Waals surface area contributed by atoms with E-state index in [1.165, 1.54) is 18.4 Å². The Hall–Kier alpha value is -0.440. The third kappa shape index (κ3) is 4.06. The molecular weight excluding hydrogens is 376 g/mol. The van der Waals surface area contributed by atoms with Crippen molar-refractivity contribution < 1.29 is 14.7 Å². The van der Waals surface area contributed by atoms with Crippen molar-refractivity contribution in [3.8, 4) is 0 Å². The van der Waals surface area contributed by atoms with Gasteiger partial charge >= 0.3 is 0 Å². The van der Waals surface area contributed by atoms with Gasteiger partial charge in [-0.05, 0) is 37.9 Å². The molecule has 2 amide bonds. The molecule has 1 heterocycles. The molecule has 1 rings (SSSR count). The van der Waals surface area contributed by atoms with Crippen LogP contribution in [-0.2, 0) is 4.79 Å². The molecule has 5 nitrogen and oxygen atoms in total. The number of amides is 2. The van der Waals surface area contributed by atoms with Gasteiger partial charge in [0.15, 0.2) is 0 Å². The van der Waals surface area contributed by atoms with E-state index in [-0.39, 0.29) is 12.5 Å². The Kier molecular flexibility index (Phi) is 5.57. The Morgan fingerprint density at radius 2 is 2.18 bits per heavy atom. The van der Waals surface area contributed by atoms with Gasteiger partial charge in [0.25, 0.3) is 5.91 Å². The minimum atomic E-state index is -1.25. The van der Waals surface area contributed by atoms with Crippen molar-refractivity contribution in [3.05, 3.63) is 19.2 Å². The summed E-state index contributed by atoms with van der Waals surface area (Å²) in [5.41, 5.74) is 0.464. The minimum Gasteiger partial charge on any atom is -0.381 e. The van der Waals surface area contributed by atoms with Crippen LogP contribution in [0.15, 0.2) is 13.6 Å². The van der Waals surface area contributed by atoms with Gasteiger partial charge in [-0.25, -0.2) is 0 Å². The molecule has 0 unspecified atom stereocenters. The van der Waals surface area contributed by atoms with Crippen LogP contribution in [0.2, 0.25) is 0 Å². The van der Waals surface area contributed by atoms with E-state index in [0.717, 1.165) is 3.79 Å². The topological polar surface area (TPSA) is 78.4 Å². The maximum Gasteiger partial charge on any atom is 0.253 e. The first-order chi connectivity index (χ1) is 7.95. The van der Waals surface area contributed by atoms with Crippen molar-refractivity contribution >= 4 is 55.0 Å². The average molecular weight is 386 g/mol. The van der Waals surface area contributed by atoms with Crippen LogP contribution in [0.5, 0.6) is 0 Å². The molecule has 0 aliphatic heterocycles. The van der Waals surface area contributed by atoms with E-state index in [4.69, 9.17) is 0 Å². The van der Waals surface area contributed by atoms with Gasteiger partial charge in [-0.3, -0.25) is 9.59 Å². The lowest BCUT2D eigenvalue weighted by Crippen LogP contribution is -2.41. The highest BCUT2D eigenvalue weighted by molar-refractivity contribution is 9.12. The highest BCUT2D eigenvalue weighted by atomic mass is 79.9. The lowest BCUT2D eigenvalue weighted by molar-refractivity contribution is -0.128. The molecule has 0 radical (unpaired) electrons. The summed E-state index contributed by atoms with van der Waals surface area (Å²) in [5.74, 6) is -0.877.